The molecule has 0 saturated carbocycles. The number of hydrogen-bond donors (Lipinski definition) is 0. The molecule has 1 aliphatic rings. The Morgan fingerprint density at radius 2 is 2.06 bits per heavy atom. The van der Waals surface area contributed by atoms with Crippen molar-refractivity contribution in [1.29, 1.82) is 0 Å². The molecule has 1 saturated heterocycles. The Kier molecular flexibility index (Phi) is 3.39. The molecule has 0 amide bonds. The second-order valence-corrected chi connectivity index (χ2v) is 5.40. The van der Waals surface area contributed by atoms with E-state index in [1.54, 1.807) is 12.1 Å². The van der Waals surface area contributed by atoms with Crippen molar-refractivity contribution < 1.29 is 13.7 Å². The molecule has 1 aliphatic heterocycles. The average molecular weight is 238 g/mol. The van der Waals surface area contributed by atoms with Crippen LogP contribution >= 0.6 is 0 Å². The van der Waals surface area contributed by atoms with Crippen LogP contribution < -0.4 is 0 Å². The Balaban J connectivity index is 2.24. The van der Waals surface area contributed by atoms with Crippen LogP contribution in [0, 0.1) is 5.92 Å². The van der Waals surface area contributed by atoms with Crippen LogP contribution in [-0.2, 0) is 20.3 Å². The molecule has 0 N–H and O–H groups in total. The largest absolute Gasteiger partial charge is 0.464 e. The fourth-order valence-corrected chi connectivity index (χ4v) is 3.43. The molecule has 1 aromatic carbocycles. The minimum absolute atomic E-state index is 0.0774. The second kappa shape index (κ2) is 4.78. The summed E-state index contributed by atoms with van der Waals surface area (Å²) in [5.41, 5.74) is 0. The lowest BCUT2D eigenvalue weighted by molar-refractivity contribution is -0.137. The summed E-state index contributed by atoms with van der Waals surface area (Å²) in [6, 6.07) is 9.09. The van der Waals surface area contributed by atoms with Crippen molar-refractivity contribution in [2.75, 3.05) is 6.61 Å². The Morgan fingerprint density at radius 3 is 2.69 bits per heavy atom. The Labute approximate surface area is 97.3 Å². The molecule has 16 heavy (non-hydrogen) atoms. The maximum absolute atomic E-state index is 12.2. The van der Waals surface area contributed by atoms with Crippen LogP contribution in [0.25, 0.3) is 0 Å². The summed E-state index contributed by atoms with van der Waals surface area (Å²) in [5, 5.41) is -0.493. The van der Waals surface area contributed by atoms with Gasteiger partial charge in [-0.25, -0.2) is 0 Å². The third-order valence-electron chi connectivity index (χ3n) is 2.83. The highest BCUT2D eigenvalue weighted by molar-refractivity contribution is 7.86. The minimum Gasteiger partial charge on any atom is -0.464 e. The number of carbonyl (C=O) groups excluding carboxylic acids is 1. The van der Waals surface area contributed by atoms with Gasteiger partial charge < -0.3 is 4.74 Å². The van der Waals surface area contributed by atoms with Gasteiger partial charge in [0.1, 0.15) is 5.25 Å². The molecular weight excluding hydrogens is 224 g/mol. The number of hydrogen-bond acceptors (Lipinski definition) is 3. The molecule has 3 unspecified atom stereocenters. The molecule has 1 heterocycles. The van der Waals surface area contributed by atoms with E-state index in [4.69, 9.17) is 4.74 Å². The SMILES string of the molecule is CCC1COC(=O)C1S(=O)c1ccccc1. The third kappa shape index (κ3) is 2.02. The summed E-state index contributed by atoms with van der Waals surface area (Å²) in [6.45, 7) is 2.39. The molecule has 0 spiro atoms. The number of esters is 1. The number of ether oxygens (including phenoxy) is 1. The number of carbonyl (C=O) groups is 1. The molecule has 3 nitrogen and oxygen atoms in total. The maximum atomic E-state index is 12.2. The normalized spacial score (nSPS) is 26.4. The predicted molar refractivity (Wildman–Crippen MR) is 61.4 cm³/mol. The van der Waals surface area contributed by atoms with Crippen LogP contribution in [0.2, 0.25) is 0 Å². The summed E-state index contributed by atoms with van der Waals surface area (Å²) in [4.78, 5) is 12.2. The minimum atomic E-state index is -1.29. The van der Waals surface area contributed by atoms with Crippen molar-refractivity contribution in [3.8, 4) is 0 Å². The molecular formula is C12H14O3S. The van der Waals surface area contributed by atoms with E-state index >= 15 is 0 Å². The van der Waals surface area contributed by atoms with Crippen LogP contribution in [0.4, 0.5) is 0 Å². The lowest BCUT2D eigenvalue weighted by Gasteiger charge is -2.12. The first-order valence-corrected chi connectivity index (χ1v) is 6.57. The van der Waals surface area contributed by atoms with E-state index < -0.39 is 16.0 Å². The van der Waals surface area contributed by atoms with Gasteiger partial charge in [0.05, 0.1) is 17.4 Å². The zero-order chi connectivity index (χ0) is 11.5. The molecule has 0 aromatic heterocycles. The van der Waals surface area contributed by atoms with E-state index in [2.05, 4.69) is 0 Å². The first-order chi connectivity index (χ1) is 7.74. The van der Waals surface area contributed by atoms with Gasteiger partial charge in [-0.3, -0.25) is 9.00 Å². The van der Waals surface area contributed by atoms with E-state index in [0.29, 0.717) is 11.5 Å². The Morgan fingerprint density at radius 1 is 1.38 bits per heavy atom. The zero-order valence-corrected chi connectivity index (χ0v) is 9.91. The number of benzene rings is 1. The first kappa shape index (κ1) is 11.3. The molecule has 0 aliphatic carbocycles. The van der Waals surface area contributed by atoms with Gasteiger partial charge in [-0.1, -0.05) is 25.1 Å². The van der Waals surface area contributed by atoms with Crippen LogP contribution in [0.1, 0.15) is 13.3 Å². The molecule has 0 radical (unpaired) electrons. The predicted octanol–water partition coefficient (Wildman–Crippen LogP) is 1.75. The fraction of sp³-hybridized carbons (Fsp3) is 0.417. The monoisotopic (exact) mass is 238 g/mol. The quantitative estimate of drug-likeness (QED) is 0.753. The molecule has 2 rings (SSSR count). The van der Waals surface area contributed by atoms with Crippen molar-refractivity contribution >= 4 is 16.8 Å². The number of rotatable bonds is 3. The fourth-order valence-electron chi connectivity index (χ4n) is 1.85. The average Bonchev–Trinajstić information content (AvgIpc) is 2.70. The highest BCUT2D eigenvalue weighted by Gasteiger charge is 2.40. The second-order valence-electron chi connectivity index (χ2n) is 3.83. The summed E-state index contributed by atoms with van der Waals surface area (Å²) in [7, 11) is -1.29. The lowest BCUT2D eigenvalue weighted by Crippen LogP contribution is -2.27. The van der Waals surface area contributed by atoms with Crippen LogP contribution in [-0.4, -0.2) is 22.0 Å². The summed E-state index contributed by atoms with van der Waals surface area (Å²) >= 11 is 0. The first-order valence-electron chi connectivity index (χ1n) is 5.36. The highest BCUT2D eigenvalue weighted by atomic mass is 32.2. The van der Waals surface area contributed by atoms with Gasteiger partial charge in [0, 0.05) is 10.8 Å². The van der Waals surface area contributed by atoms with Gasteiger partial charge in [0.15, 0.2) is 0 Å². The summed E-state index contributed by atoms with van der Waals surface area (Å²) in [5.74, 6) is -0.248. The van der Waals surface area contributed by atoms with E-state index in [9.17, 15) is 9.00 Å². The molecule has 1 fully saturated rings. The molecule has 3 atom stereocenters. The lowest BCUT2D eigenvalue weighted by atomic mass is 10.1. The van der Waals surface area contributed by atoms with Gasteiger partial charge in [-0.2, -0.15) is 0 Å². The van der Waals surface area contributed by atoms with Crippen molar-refractivity contribution in [3.63, 3.8) is 0 Å². The highest BCUT2D eigenvalue weighted by Crippen LogP contribution is 2.26. The van der Waals surface area contributed by atoms with Crippen molar-refractivity contribution in [3.05, 3.63) is 30.3 Å². The van der Waals surface area contributed by atoms with Gasteiger partial charge in [-0.15, -0.1) is 0 Å². The maximum Gasteiger partial charge on any atom is 0.322 e. The molecule has 0 bridgehead atoms. The van der Waals surface area contributed by atoms with Crippen LogP contribution in [0.3, 0.4) is 0 Å². The van der Waals surface area contributed by atoms with Gasteiger partial charge in [0.25, 0.3) is 0 Å². The zero-order valence-electron chi connectivity index (χ0n) is 9.09. The van der Waals surface area contributed by atoms with Crippen molar-refractivity contribution in [2.45, 2.75) is 23.5 Å². The van der Waals surface area contributed by atoms with Gasteiger partial charge in [-0.05, 0) is 18.6 Å². The number of cyclic esters (lactones) is 1. The van der Waals surface area contributed by atoms with Crippen molar-refractivity contribution in [2.24, 2.45) is 5.92 Å². The molecule has 1 aromatic rings. The van der Waals surface area contributed by atoms with Crippen LogP contribution in [0.5, 0.6) is 0 Å². The van der Waals surface area contributed by atoms with Crippen molar-refractivity contribution in [1.82, 2.24) is 0 Å². The molecule has 86 valence electrons. The van der Waals surface area contributed by atoms with E-state index in [-0.39, 0.29) is 11.9 Å². The Bertz CT molecular complexity index is 402. The van der Waals surface area contributed by atoms with Crippen LogP contribution in [0.15, 0.2) is 35.2 Å². The van der Waals surface area contributed by atoms with E-state index in [1.165, 1.54) is 0 Å². The molecule has 4 heteroatoms. The van der Waals surface area contributed by atoms with Gasteiger partial charge in [0.2, 0.25) is 0 Å². The third-order valence-corrected chi connectivity index (χ3v) is 4.61. The summed E-state index contributed by atoms with van der Waals surface area (Å²) in [6.07, 6.45) is 0.814. The summed E-state index contributed by atoms with van der Waals surface area (Å²) < 4.78 is 17.2. The standard InChI is InChI=1S/C12H14O3S/c1-2-9-8-15-12(13)11(9)16(14)10-6-4-3-5-7-10/h3-7,9,11H,2,8H2,1H3. The topological polar surface area (TPSA) is 43.4 Å². The van der Waals surface area contributed by atoms with E-state index in [1.807, 2.05) is 25.1 Å². The van der Waals surface area contributed by atoms with Gasteiger partial charge >= 0.3 is 5.97 Å². The smallest absolute Gasteiger partial charge is 0.322 e. The Hall–Kier alpha value is -1.16. The van der Waals surface area contributed by atoms with E-state index in [0.717, 1.165) is 6.42 Å².